The fourth-order valence-corrected chi connectivity index (χ4v) is 3.85. The van der Waals surface area contributed by atoms with Gasteiger partial charge in [-0.1, -0.05) is 23.7 Å². The third-order valence-electron chi connectivity index (χ3n) is 5.83. The van der Waals surface area contributed by atoms with E-state index in [1.54, 1.807) is 41.0 Å². The molecule has 0 radical (unpaired) electrons. The molecule has 1 amide bonds. The largest absolute Gasteiger partial charge is 0.436 e. The topological polar surface area (TPSA) is 107 Å². The van der Waals surface area contributed by atoms with E-state index in [2.05, 4.69) is 20.6 Å². The number of carbonyl (C=O) groups excluding carboxylic acids is 1. The molecule has 0 bridgehead atoms. The number of halogens is 2. The van der Waals surface area contributed by atoms with E-state index < -0.39 is 17.3 Å². The first-order valence-electron chi connectivity index (χ1n) is 12.7. The van der Waals surface area contributed by atoms with Crippen LogP contribution in [0.2, 0.25) is 5.02 Å². The van der Waals surface area contributed by atoms with Gasteiger partial charge in [0.1, 0.15) is 11.3 Å². The molecule has 1 unspecified atom stereocenters. The van der Waals surface area contributed by atoms with Crippen molar-refractivity contribution in [2.24, 2.45) is 0 Å². The van der Waals surface area contributed by atoms with E-state index in [0.717, 1.165) is 5.56 Å². The molecule has 0 saturated heterocycles. The summed E-state index contributed by atoms with van der Waals surface area (Å²) in [5, 5.41) is 6.55. The summed E-state index contributed by atoms with van der Waals surface area (Å²) in [7, 11) is 0. The number of amides is 1. The second-order valence-electron chi connectivity index (χ2n) is 8.94. The van der Waals surface area contributed by atoms with Gasteiger partial charge in [0.2, 0.25) is 5.95 Å². The van der Waals surface area contributed by atoms with Gasteiger partial charge in [-0.15, -0.1) is 0 Å². The van der Waals surface area contributed by atoms with Gasteiger partial charge in [-0.3, -0.25) is 9.59 Å². The Hall–Kier alpha value is -4.28. The number of hydrogen-bond donors (Lipinski definition) is 2. The van der Waals surface area contributed by atoms with Crippen LogP contribution in [0.25, 0.3) is 0 Å². The predicted molar refractivity (Wildman–Crippen MR) is 151 cm³/mol. The van der Waals surface area contributed by atoms with Gasteiger partial charge in [0.15, 0.2) is 5.82 Å². The van der Waals surface area contributed by atoms with Crippen LogP contribution in [0.4, 0.5) is 16.0 Å². The zero-order valence-corrected chi connectivity index (χ0v) is 22.8. The highest BCUT2D eigenvalue weighted by Gasteiger charge is 2.18. The zero-order chi connectivity index (χ0) is 28.5. The van der Waals surface area contributed by atoms with Crippen LogP contribution in [0, 0.1) is 5.82 Å². The molecule has 1 atom stereocenters. The molecule has 0 spiro atoms. The Balaban J connectivity index is 1.57. The lowest BCUT2D eigenvalue weighted by Crippen LogP contribution is -2.37. The molecular weight excluding hydrogens is 537 g/mol. The summed E-state index contributed by atoms with van der Waals surface area (Å²) in [6, 6.07) is 16.4. The molecule has 2 heterocycles. The van der Waals surface area contributed by atoms with Crippen molar-refractivity contribution in [3.8, 4) is 11.6 Å². The van der Waals surface area contributed by atoms with Crippen molar-refractivity contribution in [2.75, 3.05) is 18.5 Å². The first kappa shape index (κ1) is 28.7. The van der Waals surface area contributed by atoms with Crippen LogP contribution in [-0.4, -0.2) is 39.7 Å². The fourth-order valence-electron chi connectivity index (χ4n) is 3.73. The fraction of sp³-hybridized carbons (Fsp3) is 0.241. The van der Waals surface area contributed by atoms with E-state index in [0.29, 0.717) is 42.6 Å². The van der Waals surface area contributed by atoms with Crippen LogP contribution in [-0.2, 0) is 11.3 Å². The highest BCUT2D eigenvalue weighted by Crippen LogP contribution is 2.25. The first-order chi connectivity index (χ1) is 19.3. The summed E-state index contributed by atoms with van der Waals surface area (Å²) in [6.45, 7) is 5.15. The van der Waals surface area contributed by atoms with Crippen molar-refractivity contribution in [1.29, 1.82) is 0 Å². The monoisotopic (exact) mass is 565 g/mol. The van der Waals surface area contributed by atoms with Gasteiger partial charge >= 0.3 is 0 Å². The summed E-state index contributed by atoms with van der Waals surface area (Å²) in [5.41, 5.74) is 0.724. The molecule has 4 rings (SSSR count). The summed E-state index contributed by atoms with van der Waals surface area (Å²) in [6.07, 6.45) is 3.53. The number of hydrogen-bond acceptors (Lipinski definition) is 7. The van der Waals surface area contributed by atoms with Gasteiger partial charge in [0.05, 0.1) is 6.54 Å². The molecule has 4 aromatic rings. The van der Waals surface area contributed by atoms with Crippen molar-refractivity contribution in [3.05, 3.63) is 105 Å². The Kier molecular flexibility index (Phi) is 9.82. The molecule has 11 heteroatoms. The third kappa shape index (κ3) is 7.87. The first-order valence-corrected chi connectivity index (χ1v) is 13.1. The van der Waals surface area contributed by atoms with E-state index >= 15 is 0 Å². The number of nitrogens with zero attached hydrogens (tertiary/aromatic N) is 3. The van der Waals surface area contributed by atoms with Crippen LogP contribution in [0.5, 0.6) is 11.6 Å². The number of benzene rings is 2. The molecule has 0 aliphatic rings. The lowest BCUT2D eigenvalue weighted by molar-refractivity contribution is 0.0918. The smallest absolute Gasteiger partial charge is 0.287 e. The van der Waals surface area contributed by atoms with Crippen molar-refractivity contribution >= 4 is 29.1 Å². The number of nitrogens with one attached hydrogen (secondary N) is 2. The highest BCUT2D eigenvalue weighted by molar-refractivity contribution is 6.30. The summed E-state index contributed by atoms with van der Waals surface area (Å²) >= 11 is 6.04. The SMILES string of the molecule is CCOCCC(C)NC(=O)c1cn(Cc2ccc(Cl)cc2)c(Nc2ccc(Oc3ncccc3F)cc2)nc1=O. The number of carbonyl (C=O) groups is 1. The molecule has 0 saturated carbocycles. The lowest BCUT2D eigenvalue weighted by Gasteiger charge is -2.17. The Morgan fingerprint density at radius 3 is 2.58 bits per heavy atom. The second-order valence-corrected chi connectivity index (χ2v) is 9.38. The van der Waals surface area contributed by atoms with Gasteiger partial charge < -0.3 is 24.7 Å². The van der Waals surface area contributed by atoms with Gasteiger partial charge in [-0.25, -0.2) is 9.37 Å². The summed E-state index contributed by atoms with van der Waals surface area (Å²) in [4.78, 5) is 33.9. The van der Waals surface area contributed by atoms with Crippen molar-refractivity contribution < 1.29 is 18.7 Å². The quantitative estimate of drug-likeness (QED) is 0.217. The number of ether oxygens (including phenoxy) is 2. The summed E-state index contributed by atoms with van der Waals surface area (Å²) in [5.74, 6) is -0.623. The van der Waals surface area contributed by atoms with E-state index in [1.165, 1.54) is 24.5 Å². The molecule has 2 aromatic carbocycles. The standard InChI is InChI=1S/C29H29ClFN5O4/c1-3-39-16-14-19(2)33-26(37)24-18-36(17-20-6-8-21(30)9-7-20)29(35-27(24)38)34-22-10-12-23(13-11-22)40-28-25(31)5-4-15-32-28/h4-13,15,18-19H,3,14,16-17H2,1-2H3,(H,33,37)(H,34,35,38). The van der Waals surface area contributed by atoms with Crippen molar-refractivity contribution in [3.63, 3.8) is 0 Å². The van der Waals surface area contributed by atoms with Gasteiger partial charge in [0, 0.05) is 42.4 Å². The Bertz CT molecular complexity index is 1500. The van der Waals surface area contributed by atoms with Crippen LogP contribution in [0.1, 0.15) is 36.2 Å². The normalized spacial score (nSPS) is 11.6. The minimum atomic E-state index is -0.671. The number of anilines is 2. The van der Waals surface area contributed by atoms with E-state index in [4.69, 9.17) is 21.1 Å². The maximum Gasteiger partial charge on any atom is 0.287 e. The van der Waals surface area contributed by atoms with Crippen LogP contribution >= 0.6 is 11.6 Å². The molecule has 9 nitrogen and oxygen atoms in total. The summed E-state index contributed by atoms with van der Waals surface area (Å²) < 4.78 is 26.4. The highest BCUT2D eigenvalue weighted by atomic mass is 35.5. The molecule has 0 fully saturated rings. The Labute approximate surface area is 236 Å². The van der Waals surface area contributed by atoms with Gasteiger partial charge in [0.25, 0.3) is 17.3 Å². The van der Waals surface area contributed by atoms with Crippen molar-refractivity contribution in [1.82, 2.24) is 19.9 Å². The molecule has 2 aromatic heterocycles. The average molecular weight is 566 g/mol. The molecule has 2 N–H and O–H groups in total. The Morgan fingerprint density at radius 2 is 1.88 bits per heavy atom. The van der Waals surface area contributed by atoms with E-state index in [9.17, 15) is 14.0 Å². The minimum absolute atomic E-state index is 0.0797. The van der Waals surface area contributed by atoms with Gasteiger partial charge in [-0.2, -0.15) is 4.98 Å². The number of pyridine rings is 1. The Morgan fingerprint density at radius 1 is 1.12 bits per heavy atom. The molecular formula is C29H29ClFN5O4. The average Bonchev–Trinajstić information content (AvgIpc) is 2.93. The van der Waals surface area contributed by atoms with Crippen LogP contribution in [0.15, 0.2) is 77.9 Å². The molecule has 0 aliphatic carbocycles. The van der Waals surface area contributed by atoms with Crippen LogP contribution in [0.3, 0.4) is 0 Å². The van der Waals surface area contributed by atoms with Crippen LogP contribution < -0.4 is 20.9 Å². The van der Waals surface area contributed by atoms with E-state index in [1.807, 2.05) is 26.0 Å². The number of aromatic nitrogens is 3. The second kappa shape index (κ2) is 13.7. The lowest BCUT2D eigenvalue weighted by atomic mass is 10.2. The van der Waals surface area contributed by atoms with Gasteiger partial charge in [-0.05, 0) is 74.4 Å². The molecule has 208 valence electrons. The van der Waals surface area contributed by atoms with E-state index in [-0.39, 0.29) is 23.4 Å². The molecule has 40 heavy (non-hydrogen) atoms. The van der Waals surface area contributed by atoms with Crippen molar-refractivity contribution in [2.45, 2.75) is 32.9 Å². The molecule has 0 aliphatic heterocycles. The minimum Gasteiger partial charge on any atom is -0.436 e. The zero-order valence-electron chi connectivity index (χ0n) is 22.1. The predicted octanol–water partition coefficient (Wildman–Crippen LogP) is 5.56. The maximum atomic E-state index is 13.9. The number of rotatable bonds is 12. The maximum absolute atomic E-state index is 13.9. The third-order valence-corrected chi connectivity index (χ3v) is 6.08.